The van der Waals surface area contributed by atoms with Crippen molar-refractivity contribution in [1.82, 2.24) is 10.3 Å². The van der Waals surface area contributed by atoms with Gasteiger partial charge in [0.05, 0.1) is 11.7 Å². The number of aromatic nitrogens is 1. The number of nitrogens with zero attached hydrogens (tertiary/aromatic N) is 1. The molecule has 1 heterocycles. The molecule has 0 bridgehead atoms. The molecule has 0 aliphatic carbocycles. The van der Waals surface area contributed by atoms with Crippen molar-refractivity contribution in [1.29, 1.82) is 0 Å². The van der Waals surface area contributed by atoms with Crippen LogP contribution in [0.25, 0.3) is 0 Å². The molecular formula is C18H21N3O. The van der Waals surface area contributed by atoms with Gasteiger partial charge in [0.25, 0.3) is 0 Å². The summed E-state index contributed by atoms with van der Waals surface area (Å²) >= 11 is 0. The van der Waals surface area contributed by atoms with Gasteiger partial charge in [-0.15, -0.1) is 0 Å². The Hall–Kier alpha value is -2.46. The van der Waals surface area contributed by atoms with Crippen molar-refractivity contribution in [3.63, 3.8) is 0 Å². The Balaban J connectivity index is 2.26. The molecule has 114 valence electrons. The van der Waals surface area contributed by atoms with E-state index in [0.717, 1.165) is 11.3 Å². The minimum atomic E-state index is -0.285. The molecule has 0 saturated heterocycles. The van der Waals surface area contributed by atoms with Gasteiger partial charge >= 0.3 is 0 Å². The maximum Gasteiger partial charge on any atom is 0.244 e. The second-order valence-electron chi connectivity index (χ2n) is 5.33. The Labute approximate surface area is 131 Å². The molecule has 0 saturated carbocycles. The van der Waals surface area contributed by atoms with Gasteiger partial charge in [0.2, 0.25) is 5.91 Å². The number of carbonyl (C=O) groups is 1. The third kappa shape index (κ3) is 4.53. The number of hydrogen-bond donors (Lipinski definition) is 2. The number of rotatable bonds is 5. The van der Waals surface area contributed by atoms with Gasteiger partial charge in [0, 0.05) is 18.3 Å². The number of nitrogens with two attached hydrogens (primary N) is 1. The third-order valence-corrected chi connectivity index (χ3v) is 3.23. The second kappa shape index (κ2) is 7.52. The first kappa shape index (κ1) is 15.9. The van der Waals surface area contributed by atoms with E-state index in [1.165, 1.54) is 11.6 Å². The summed E-state index contributed by atoms with van der Waals surface area (Å²) < 4.78 is 0. The summed E-state index contributed by atoms with van der Waals surface area (Å²) in [6.45, 7) is 3.85. The Bertz CT molecular complexity index is 633. The molecule has 1 amide bonds. The van der Waals surface area contributed by atoms with Crippen LogP contribution >= 0.6 is 0 Å². The monoisotopic (exact) mass is 295 g/mol. The molecular weight excluding hydrogens is 274 g/mol. The SMILES string of the molecule is Cc1ccc(C(NC(=O)/C=C/C(C)N)c2ccccn2)cc1. The molecule has 4 nitrogen and oxygen atoms in total. The topological polar surface area (TPSA) is 68.0 Å². The zero-order valence-corrected chi connectivity index (χ0v) is 12.9. The number of pyridine rings is 1. The summed E-state index contributed by atoms with van der Waals surface area (Å²) in [5, 5.41) is 2.98. The lowest BCUT2D eigenvalue weighted by Gasteiger charge is -2.18. The third-order valence-electron chi connectivity index (χ3n) is 3.23. The van der Waals surface area contributed by atoms with E-state index in [0.29, 0.717) is 0 Å². The summed E-state index contributed by atoms with van der Waals surface area (Å²) in [6.07, 6.45) is 4.86. The van der Waals surface area contributed by atoms with Crippen LogP contribution in [0.2, 0.25) is 0 Å². The van der Waals surface area contributed by atoms with Crippen molar-refractivity contribution in [2.75, 3.05) is 0 Å². The fourth-order valence-corrected chi connectivity index (χ4v) is 2.06. The second-order valence-corrected chi connectivity index (χ2v) is 5.33. The Kier molecular flexibility index (Phi) is 5.44. The predicted molar refractivity (Wildman–Crippen MR) is 88.2 cm³/mol. The van der Waals surface area contributed by atoms with E-state index in [1.807, 2.05) is 56.3 Å². The number of carbonyl (C=O) groups excluding carboxylic acids is 1. The first-order valence-electron chi connectivity index (χ1n) is 7.28. The highest BCUT2D eigenvalue weighted by Gasteiger charge is 2.16. The molecule has 1 aromatic heterocycles. The normalized spacial score (nSPS) is 13.8. The molecule has 2 rings (SSSR count). The fourth-order valence-electron chi connectivity index (χ4n) is 2.06. The van der Waals surface area contributed by atoms with Gasteiger partial charge in [0.1, 0.15) is 0 Å². The average molecular weight is 295 g/mol. The molecule has 2 unspecified atom stereocenters. The van der Waals surface area contributed by atoms with Gasteiger partial charge < -0.3 is 11.1 Å². The first-order valence-corrected chi connectivity index (χ1v) is 7.28. The summed E-state index contributed by atoms with van der Waals surface area (Å²) in [5.74, 6) is -0.187. The molecule has 1 aromatic carbocycles. The van der Waals surface area contributed by atoms with Gasteiger partial charge in [-0.2, -0.15) is 0 Å². The van der Waals surface area contributed by atoms with Crippen LogP contribution < -0.4 is 11.1 Å². The molecule has 2 atom stereocenters. The van der Waals surface area contributed by atoms with Gasteiger partial charge in [-0.05, 0) is 31.5 Å². The molecule has 0 spiro atoms. The quantitative estimate of drug-likeness (QED) is 0.833. The molecule has 2 aromatic rings. The standard InChI is InChI=1S/C18H21N3O/c1-13-6-9-15(10-7-13)18(16-5-3-4-12-20-16)21-17(22)11-8-14(2)19/h3-12,14,18H,19H2,1-2H3,(H,21,22)/b11-8+. The molecule has 0 aliphatic heterocycles. The molecule has 0 radical (unpaired) electrons. The number of aryl methyl sites for hydroxylation is 1. The van der Waals surface area contributed by atoms with E-state index in [2.05, 4.69) is 10.3 Å². The zero-order valence-electron chi connectivity index (χ0n) is 12.9. The van der Waals surface area contributed by atoms with Crippen LogP contribution in [0.4, 0.5) is 0 Å². The van der Waals surface area contributed by atoms with Crippen molar-refractivity contribution in [2.45, 2.75) is 25.9 Å². The zero-order chi connectivity index (χ0) is 15.9. The minimum absolute atomic E-state index is 0.154. The van der Waals surface area contributed by atoms with E-state index in [9.17, 15) is 4.79 Å². The Morgan fingerprint density at radius 3 is 2.55 bits per heavy atom. The van der Waals surface area contributed by atoms with Gasteiger partial charge in [0.15, 0.2) is 0 Å². The van der Waals surface area contributed by atoms with Crippen LogP contribution in [-0.4, -0.2) is 16.9 Å². The Morgan fingerprint density at radius 1 is 1.23 bits per heavy atom. The first-order chi connectivity index (χ1) is 10.6. The smallest absolute Gasteiger partial charge is 0.244 e. The van der Waals surface area contributed by atoms with Crippen LogP contribution in [0.5, 0.6) is 0 Å². The molecule has 4 heteroatoms. The summed E-state index contributed by atoms with van der Waals surface area (Å²) in [6, 6.07) is 13.3. The largest absolute Gasteiger partial charge is 0.340 e. The van der Waals surface area contributed by atoms with Crippen molar-refractivity contribution in [2.24, 2.45) is 5.73 Å². The van der Waals surface area contributed by atoms with E-state index in [1.54, 1.807) is 12.3 Å². The van der Waals surface area contributed by atoms with E-state index in [-0.39, 0.29) is 18.0 Å². The molecule has 3 N–H and O–H groups in total. The van der Waals surface area contributed by atoms with Crippen molar-refractivity contribution in [3.8, 4) is 0 Å². The van der Waals surface area contributed by atoms with Crippen molar-refractivity contribution in [3.05, 3.63) is 77.6 Å². The van der Waals surface area contributed by atoms with Gasteiger partial charge in [-0.3, -0.25) is 9.78 Å². The lowest BCUT2D eigenvalue weighted by molar-refractivity contribution is -0.117. The highest BCUT2D eigenvalue weighted by molar-refractivity contribution is 5.88. The maximum atomic E-state index is 12.1. The maximum absolute atomic E-state index is 12.1. The predicted octanol–water partition coefficient (Wildman–Crippen LogP) is 2.50. The lowest BCUT2D eigenvalue weighted by atomic mass is 10.0. The fraction of sp³-hybridized carbons (Fsp3) is 0.222. The van der Waals surface area contributed by atoms with Gasteiger partial charge in [-0.25, -0.2) is 0 Å². The van der Waals surface area contributed by atoms with Crippen LogP contribution in [0.1, 0.15) is 29.8 Å². The summed E-state index contributed by atoms with van der Waals surface area (Å²) in [7, 11) is 0. The highest BCUT2D eigenvalue weighted by Crippen LogP contribution is 2.20. The summed E-state index contributed by atoms with van der Waals surface area (Å²) in [4.78, 5) is 16.5. The van der Waals surface area contributed by atoms with Crippen LogP contribution in [0.3, 0.4) is 0 Å². The number of amides is 1. The summed E-state index contributed by atoms with van der Waals surface area (Å²) in [5.41, 5.74) is 8.60. The van der Waals surface area contributed by atoms with Crippen molar-refractivity contribution < 1.29 is 4.79 Å². The van der Waals surface area contributed by atoms with E-state index in [4.69, 9.17) is 5.73 Å². The van der Waals surface area contributed by atoms with Crippen molar-refractivity contribution >= 4 is 5.91 Å². The number of nitrogens with one attached hydrogen (secondary N) is 1. The van der Waals surface area contributed by atoms with Crippen LogP contribution in [0, 0.1) is 6.92 Å². The number of hydrogen-bond acceptors (Lipinski definition) is 3. The van der Waals surface area contributed by atoms with Gasteiger partial charge in [-0.1, -0.05) is 42.0 Å². The van der Waals surface area contributed by atoms with Crippen LogP contribution in [0.15, 0.2) is 60.8 Å². The number of benzene rings is 1. The Morgan fingerprint density at radius 2 is 1.95 bits per heavy atom. The molecule has 0 aliphatic rings. The minimum Gasteiger partial charge on any atom is -0.340 e. The molecule has 0 fully saturated rings. The highest BCUT2D eigenvalue weighted by atomic mass is 16.1. The van der Waals surface area contributed by atoms with Crippen LogP contribution in [-0.2, 0) is 4.79 Å². The molecule has 22 heavy (non-hydrogen) atoms. The van der Waals surface area contributed by atoms with E-state index < -0.39 is 0 Å². The van der Waals surface area contributed by atoms with E-state index >= 15 is 0 Å². The lowest BCUT2D eigenvalue weighted by Crippen LogP contribution is -2.28. The average Bonchev–Trinajstić information content (AvgIpc) is 2.52.